The van der Waals surface area contributed by atoms with E-state index in [2.05, 4.69) is 11.0 Å². The van der Waals surface area contributed by atoms with Crippen LogP contribution in [0.25, 0.3) is 20.3 Å². The molecule has 0 spiro atoms. The normalized spacial score (nSPS) is 15.4. The number of halogens is 1. The van der Waals surface area contributed by atoms with Gasteiger partial charge in [-0.05, 0) is 36.8 Å². The number of rotatable bonds is 3. The van der Waals surface area contributed by atoms with Crippen molar-refractivity contribution in [2.75, 3.05) is 26.2 Å². The molecule has 4 nitrogen and oxygen atoms in total. The van der Waals surface area contributed by atoms with Crippen LogP contribution in [0.2, 0.25) is 0 Å². The highest BCUT2D eigenvalue weighted by Crippen LogP contribution is 2.33. The van der Waals surface area contributed by atoms with Crippen molar-refractivity contribution in [1.29, 1.82) is 0 Å². The Morgan fingerprint density at radius 3 is 2.55 bits per heavy atom. The van der Waals surface area contributed by atoms with Crippen LogP contribution in [0.4, 0.5) is 4.39 Å². The Morgan fingerprint density at radius 1 is 1.03 bits per heavy atom. The minimum absolute atomic E-state index is 0.0164. The number of benzene rings is 2. The smallest absolute Gasteiger partial charge is 0.264 e. The van der Waals surface area contributed by atoms with Gasteiger partial charge in [0.15, 0.2) is 0 Å². The monoisotopic (exact) mass is 425 g/mol. The topological polar surface area (TPSA) is 36.4 Å². The number of carbonyl (C=O) groups is 1. The molecule has 0 atom stereocenters. The lowest BCUT2D eigenvalue weighted by atomic mass is 10.1. The second-order valence-corrected chi connectivity index (χ2v) is 9.48. The third-order valence-corrected chi connectivity index (χ3v) is 7.72. The van der Waals surface area contributed by atoms with Crippen molar-refractivity contribution in [1.82, 2.24) is 14.8 Å². The average Bonchev–Trinajstić information content (AvgIpc) is 3.29. The standard InChI is InChI=1S/C22H20FN3OS2/c1-14-20-15(23)5-4-8-18(20)29-21(14)22(27)26-11-9-25(10-12-26)13-19-24-16-6-2-3-7-17(16)28-19/h2-8H,9-13H2,1H3. The molecule has 148 valence electrons. The Morgan fingerprint density at radius 2 is 1.79 bits per heavy atom. The molecule has 2 aromatic carbocycles. The van der Waals surface area contributed by atoms with Crippen molar-refractivity contribution in [3.8, 4) is 0 Å². The molecule has 7 heteroatoms. The van der Waals surface area contributed by atoms with Gasteiger partial charge in [0.05, 0.1) is 21.6 Å². The predicted octanol–water partition coefficient (Wildman–Crippen LogP) is 4.92. The van der Waals surface area contributed by atoms with E-state index in [0.29, 0.717) is 23.4 Å². The van der Waals surface area contributed by atoms with Crippen molar-refractivity contribution in [2.24, 2.45) is 0 Å². The summed E-state index contributed by atoms with van der Waals surface area (Å²) in [4.78, 5) is 22.7. The van der Waals surface area contributed by atoms with Crippen LogP contribution < -0.4 is 0 Å². The zero-order valence-corrected chi connectivity index (χ0v) is 17.7. The first-order chi connectivity index (χ1) is 14.1. The first-order valence-corrected chi connectivity index (χ1v) is 11.3. The molecule has 0 bridgehead atoms. The van der Waals surface area contributed by atoms with Crippen molar-refractivity contribution >= 4 is 48.9 Å². The van der Waals surface area contributed by atoms with E-state index in [-0.39, 0.29) is 11.7 Å². The summed E-state index contributed by atoms with van der Waals surface area (Å²) in [5.41, 5.74) is 1.80. The Balaban J connectivity index is 1.27. The summed E-state index contributed by atoms with van der Waals surface area (Å²) in [5.74, 6) is -0.237. The highest BCUT2D eigenvalue weighted by molar-refractivity contribution is 7.21. The van der Waals surface area contributed by atoms with Gasteiger partial charge in [0, 0.05) is 36.3 Å². The van der Waals surface area contributed by atoms with Gasteiger partial charge in [-0.3, -0.25) is 9.69 Å². The number of para-hydroxylation sites is 1. The summed E-state index contributed by atoms with van der Waals surface area (Å²) < 4.78 is 16.2. The first kappa shape index (κ1) is 18.7. The number of hydrogen-bond acceptors (Lipinski definition) is 5. The van der Waals surface area contributed by atoms with Crippen LogP contribution in [-0.2, 0) is 6.54 Å². The second-order valence-electron chi connectivity index (χ2n) is 7.31. The summed E-state index contributed by atoms with van der Waals surface area (Å²) in [6.07, 6.45) is 0. The number of piperazine rings is 1. The van der Waals surface area contributed by atoms with E-state index in [9.17, 15) is 9.18 Å². The Bertz CT molecular complexity index is 1170. The average molecular weight is 426 g/mol. The van der Waals surface area contributed by atoms with Gasteiger partial charge < -0.3 is 4.90 Å². The largest absolute Gasteiger partial charge is 0.335 e. The molecule has 1 fully saturated rings. The van der Waals surface area contributed by atoms with Gasteiger partial charge in [0.2, 0.25) is 0 Å². The van der Waals surface area contributed by atoms with Gasteiger partial charge in [-0.1, -0.05) is 18.2 Å². The molecule has 5 rings (SSSR count). The van der Waals surface area contributed by atoms with Gasteiger partial charge in [-0.15, -0.1) is 22.7 Å². The number of thiazole rings is 1. The molecule has 0 unspecified atom stereocenters. The molecule has 0 N–H and O–H groups in total. The number of amides is 1. The maximum absolute atomic E-state index is 14.2. The fourth-order valence-electron chi connectivity index (χ4n) is 3.89. The minimum Gasteiger partial charge on any atom is -0.335 e. The molecular weight excluding hydrogens is 405 g/mol. The highest BCUT2D eigenvalue weighted by atomic mass is 32.1. The van der Waals surface area contributed by atoms with Gasteiger partial charge >= 0.3 is 0 Å². The molecule has 1 amide bonds. The Hall–Kier alpha value is -2.35. The molecule has 2 aromatic heterocycles. The summed E-state index contributed by atoms with van der Waals surface area (Å²) >= 11 is 3.13. The number of aromatic nitrogens is 1. The summed E-state index contributed by atoms with van der Waals surface area (Å²) in [5, 5.41) is 1.69. The van der Waals surface area contributed by atoms with E-state index < -0.39 is 0 Å². The molecule has 3 heterocycles. The number of aryl methyl sites for hydroxylation is 1. The van der Waals surface area contributed by atoms with Crippen molar-refractivity contribution < 1.29 is 9.18 Å². The molecule has 4 aromatic rings. The highest BCUT2D eigenvalue weighted by Gasteiger charge is 2.26. The molecule has 1 aliphatic rings. The Labute approximate surface area is 176 Å². The molecule has 0 saturated carbocycles. The lowest BCUT2D eigenvalue weighted by Crippen LogP contribution is -2.48. The van der Waals surface area contributed by atoms with Gasteiger partial charge in [-0.2, -0.15) is 0 Å². The van der Waals surface area contributed by atoms with Gasteiger partial charge in [0.25, 0.3) is 5.91 Å². The molecule has 1 saturated heterocycles. The van der Waals surface area contributed by atoms with E-state index in [1.807, 2.05) is 36.1 Å². The molecule has 1 aliphatic heterocycles. The zero-order chi connectivity index (χ0) is 20.0. The maximum Gasteiger partial charge on any atom is 0.264 e. The van der Waals surface area contributed by atoms with Crippen LogP contribution in [-0.4, -0.2) is 46.9 Å². The van der Waals surface area contributed by atoms with Crippen LogP contribution in [0.5, 0.6) is 0 Å². The number of nitrogens with zero attached hydrogens (tertiary/aromatic N) is 3. The third-order valence-electron chi connectivity index (χ3n) is 5.45. The SMILES string of the molecule is Cc1c(C(=O)N2CCN(Cc3nc4ccccc4s3)CC2)sc2cccc(F)c12. The number of thiophene rings is 1. The summed E-state index contributed by atoms with van der Waals surface area (Å²) in [6.45, 7) is 5.66. The van der Waals surface area contributed by atoms with E-state index in [1.165, 1.54) is 22.1 Å². The van der Waals surface area contributed by atoms with Crippen LogP contribution in [0.15, 0.2) is 42.5 Å². The molecular formula is C22H20FN3OS2. The van der Waals surface area contributed by atoms with E-state index >= 15 is 0 Å². The molecule has 0 radical (unpaired) electrons. The number of fused-ring (bicyclic) bond motifs is 2. The lowest BCUT2D eigenvalue weighted by molar-refractivity contribution is 0.0632. The second kappa shape index (κ2) is 7.48. The van der Waals surface area contributed by atoms with Crippen molar-refractivity contribution in [3.63, 3.8) is 0 Å². The zero-order valence-electron chi connectivity index (χ0n) is 16.0. The van der Waals surface area contributed by atoms with Gasteiger partial charge in [0.1, 0.15) is 10.8 Å². The molecule has 0 aliphatic carbocycles. The van der Waals surface area contributed by atoms with Crippen LogP contribution in [0, 0.1) is 12.7 Å². The maximum atomic E-state index is 14.2. The summed E-state index contributed by atoms with van der Waals surface area (Å²) in [6, 6.07) is 13.2. The third kappa shape index (κ3) is 3.43. The van der Waals surface area contributed by atoms with E-state index in [4.69, 9.17) is 4.98 Å². The van der Waals surface area contributed by atoms with Crippen LogP contribution >= 0.6 is 22.7 Å². The molecule has 29 heavy (non-hydrogen) atoms. The van der Waals surface area contributed by atoms with Crippen LogP contribution in [0.3, 0.4) is 0 Å². The summed E-state index contributed by atoms with van der Waals surface area (Å²) in [7, 11) is 0. The fourth-order valence-corrected chi connectivity index (χ4v) is 6.09. The van der Waals surface area contributed by atoms with E-state index in [1.54, 1.807) is 17.4 Å². The van der Waals surface area contributed by atoms with Gasteiger partial charge in [-0.25, -0.2) is 9.37 Å². The number of carbonyl (C=O) groups excluding carboxylic acids is 1. The quantitative estimate of drug-likeness (QED) is 0.468. The fraction of sp³-hybridized carbons (Fsp3) is 0.273. The lowest BCUT2D eigenvalue weighted by Gasteiger charge is -2.34. The predicted molar refractivity (Wildman–Crippen MR) is 117 cm³/mol. The first-order valence-electron chi connectivity index (χ1n) is 9.64. The van der Waals surface area contributed by atoms with Crippen molar-refractivity contribution in [3.05, 3.63) is 63.7 Å². The minimum atomic E-state index is -0.254. The van der Waals surface area contributed by atoms with Crippen molar-refractivity contribution in [2.45, 2.75) is 13.5 Å². The number of hydrogen-bond donors (Lipinski definition) is 0. The van der Waals surface area contributed by atoms with Crippen LogP contribution in [0.1, 0.15) is 20.2 Å². The van der Waals surface area contributed by atoms with E-state index in [0.717, 1.165) is 40.4 Å². The Kier molecular flexibility index (Phi) is 4.81.